The molecule has 6 heteroatoms. The third kappa shape index (κ3) is 2.38. The van der Waals surface area contributed by atoms with Crippen molar-refractivity contribution in [1.29, 1.82) is 0 Å². The van der Waals surface area contributed by atoms with E-state index in [4.69, 9.17) is 0 Å². The maximum atomic E-state index is 12.6. The van der Waals surface area contributed by atoms with Crippen molar-refractivity contribution in [3.05, 3.63) is 12.2 Å². The smallest absolute Gasteiger partial charge is 0.352 e. The van der Waals surface area contributed by atoms with Gasteiger partial charge in [0.1, 0.15) is 6.10 Å². The summed E-state index contributed by atoms with van der Waals surface area (Å²) in [7, 11) is 0. The fourth-order valence-corrected chi connectivity index (χ4v) is 1.13. The van der Waals surface area contributed by atoms with E-state index in [1.54, 1.807) is 0 Å². The van der Waals surface area contributed by atoms with Crippen LogP contribution in [0.15, 0.2) is 12.2 Å². The van der Waals surface area contributed by atoms with Crippen LogP contribution in [0.3, 0.4) is 0 Å². The van der Waals surface area contributed by atoms with Gasteiger partial charge < -0.3 is 4.74 Å². The second-order valence-electron chi connectivity index (χ2n) is 3.37. The van der Waals surface area contributed by atoms with Crippen molar-refractivity contribution >= 4 is 5.78 Å². The Morgan fingerprint density at radius 2 is 2.13 bits per heavy atom. The van der Waals surface area contributed by atoms with E-state index in [2.05, 4.69) is 16.1 Å². The molecule has 3 unspecified atom stereocenters. The van der Waals surface area contributed by atoms with Crippen molar-refractivity contribution in [3.63, 3.8) is 0 Å². The summed E-state index contributed by atoms with van der Waals surface area (Å²) in [5.41, 5.74) is 0.168. The van der Waals surface area contributed by atoms with Gasteiger partial charge in [-0.15, -0.1) is 0 Å². The van der Waals surface area contributed by atoms with E-state index in [0.717, 1.165) is 0 Å². The molecule has 0 saturated carbocycles. The highest BCUT2D eigenvalue weighted by atomic mass is 19.3. The summed E-state index contributed by atoms with van der Waals surface area (Å²) in [5, 5.41) is 0. The van der Waals surface area contributed by atoms with Crippen LogP contribution < -0.4 is 0 Å². The number of carbonyl (C=O) groups is 1. The molecule has 0 N–H and O–H groups in total. The molecule has 0 aliphatic carbocycles. The van der Waals surface area contributed by atoms with E-state index >= 15 is 0 Å². The molecule has 1 fully saturated rings. The highest BCUT2D eigenvalue weighted by molar-refractivity contribution is 5.97. The number of carbonyl (C=O) groups excluding carboxylic acids is 1. The summed E-state index contributed by atoms with van der Waals surface area (Å²) >= 11 is 0. The molecule has 1 rings (SSSR count). The molecule has 0 aromatic heterocycles. The molecule has 0 radical (unpaired) electrons. The standard InChI is InChI=1S/C9H11F3O3/c1-4(2)6(13)5(3)14-7-8(10)15-9(7,11)12/h5,7-8H,1H2,2-3H3. The summed E-state index contributed by atoms with van der Waals surface area (Å²) in [6.45, 7) is 6.02. The monoisotopic (exact) mass is 224 g/mol. The highest BCUT2D eigenvalue weighted by Crippen LogP contribution is 2.39. The van der Waals surface area contributed by atoms with Gasteiger partial charge in [-0.3, -0.25) is 9.53 Å². The lowest BCUT2D eigenvalue weighted by atomic mass is 10.1. The van der Waals surface area contributed by atoms with Gasteiger partial charge in [0, 0.05) is 0 Å². The largest absolute Gasteiger partial charge is 0.389 e. The Morgan fingerprint density at radius 3 is 2.47 bits per heavy atom. The molecule has 3 nitrogen and oxygen atoms in total. The predicted molar refractivity (Wildman–Crippen MR) is 45.1 cm³/mol. The Hall–Kier alpha value is -0.880. The van der Waals surface area contributed by atoms with Crippen LogP contribution in [0.25, 0.3) is 0 Å². The number of halogens is 3. The van der Waals surface area contributed by atoms with Crippen molar-refractivity contribution in [1.82, 2.24) is 0 Å². The summed E-state index contributed by atoms with van der Waals surface area (Å²) in [4.78, 5) is 11.2. The number of ketones is 1. The highest BCUT2D eigenvalue weighted by Gasteiger charge is 2.61. The molecule has 0 aromatic rings. The van der Waals surface area contributed by atoms with Crippen molar-refractivity contribution in [2.75, 3.05) is 0 Å². The van der Waals surface area contributed by atoms with Crippen LogP contribution >= 0.6 is 0 Å². The number of alkyl halides is 3. The zero-order valence-corrected chi connectivity index (χ0v) is 8.30. The van der Waals surface area contributed by atoms with Crippen LogP contribution in [0, 0.1) is 0 Å². The minimum absolute atomic E-state index is 0.168. The zero-order chi connectivity index (χ0) is 11.8. The summed E-state index contributed by atoms with van der Waals surface area (Å²) in [5.74, 6) is -0.537. The van der Waals surface area contributed by atoms with Crippen LogP contribution in [-0.4, -0.2) is 30.5 Å². The van der Waals surface area contributed by atoms with E-state index < -0.39 is 30.5 Å². The molecule has 0 bridgehead atoms. The van der Waals surface area contributed by atoms with Gasteiger partial charge >= 0.3 is 6.11 Å². The van der Waals surface area contributed by atoms with Gasteiger partial charge in [0.2, 0.25) is 12.5 Å². The Kier molecular flexibility index (Phi) is 3.20. The number of rotatable bonds is 4. The fourth-order valence-electron chi connectivity index (χ4n) is 1.13. The Labute approximate surface area is 84.8 Å². The number of hydrogen-bond donors (Lipinski definition) is 0. The normalized spacial score (nSPS) is 30.5. The predicted octanol–water partition coefficient (Wildman–Crippen LogP) is 1.82. The molecule has 1 aliphatic heterocycles. The lowest BCUT2D eigenvalue weighted by molar-refractivity contribution is -0.447. The molecule has 1 saturated heterocycles. The maximum Gasteiger partial charge on any atom is 0.389 e. The van der Waals surface area contributed by atoms with Gasteiger partial charge in [-0.2, -0.15) is 8.78 Å². The molecular weight excluding hydrogens is 213 g/mol. The first kappa shape index (κ1) is 12.2. The van der Waals surface area contributed by atoms with Gasteiger partial charge in [0.25, 0.3) is 0 Å². The molecule has 0 spiro atoms. The Morgan fingerprint density at radius 1 is 1.60 bits per heavy atom. The molecule has 0 aromatic carbocycles. The maximum absolute atomic E-state index is 12.6. The first-order valence-electron chi connectivity index (χ1n) is 4.30. The van der Waals surface area contributed by atoms with Crippen molar-refractivity contribution < 1.29 is 27.4 Å². The second-order valence-corrected chi connectivity index (χ2v) is 3.37. The molecule has 1 heterocycles. The fraction of sp³-hybridized carbons (Fsp3) is 0.667. The lowest BCUT2D eigenvalue weighted by Gasteiger charge is -2.39. The summed E-state index contributed by atoms with van der Waals surface area (Å²) in [6, 6.07) is 0. The van der Waals surface area contributed by atoms with E-state index in [0.29, 0.717) is 0 Å². The molecule has 86 valence electrons. The quantitative estimate of drug-likeness (QED) is 0.683. The summed E-state index contributed by atoms with van der Waals surface area (Å²) < 4.78 is 45.8. The molecule has 0 amide bonds. The van der Waals surface area contributed by atoms with E-state index in [9.17, 15) is 18.0 Å². The van der Waals surface area contributed by atoms with E-state index in [-0.39, 0.29) is 5.57 Å². The summed E-state index contributed by atoms with van der Waals surface area (Å²) in [6.07, 6.45) is -9.03. The average molecular weight is 224 g/mol. The molecule has 3 atom stereocenters. The molecular formula is C9H11F3O3. The third-order valence-corrected chi connectivity index (χ3v) is 1.98. The minimum atomic E-state index is -3.66. The van der Waals surface area contributed by atoms with Gasteiger partial charge in [-0.25, -0.2) is 4.39 Å². The SMILES string of the molecule is C=C(C)C(=O)C(C)OC1C(F)OC1(F)F. The third-order valence-electron chi connectivity index (χ3n) is 1.98. The van der Waals surface area contributed by atoms with Crippen molar-refractivity contribution in [2.24, 2.45) is 0 Å². The first-order chi connectivity index (χ1) is 6.75. The lowest BCUT2D eigenvalue weighted by Crippen LogP contribution is -2.59. The van der Waals surface area contributed by atoms with Crippen LogP contribution in [0.5, 0.6) is 0 Å². The number of Topliss-reactive ketones (excluding diaryl/α,β-unsaturated/α-hetero) is 1. The van der Waals surface area contributed by atoms with E-state index in [1.807, 2.05) is 0 Å². The van der Waals surface area contributed by atoms with Gasteiger partial charge in [-0.05, 0) is 19.4 Å². The topological polar surface area (TPSA) is 35.5 Å². The minimum Gasteiger partial charge on any atom is -0.352 e. The van der Waals surface area contributed by atoms with Crippen LogP contribution in [0.4, 0.5) is 13.2 Å². The van der Waals surface area contributed by atoms with Crippen LogP contribution in [0.2, 0.25) is 0 Å². The van der Waals surface area contributed by atoms with Crippen molar-refractivity contribution in [2.45, 2.75) is 38.5 Å². The second kappa shape index (κ2) is 3.94. The van der Waals surface area contributed by atoms with E-state index in [1.165, 1.54) is 13.8 Å². The Bertz CT molecular complexity index is 290. The van der Waals surface area contributed by atoms with Gasteiger partial charge in [-0.1, -0.05) is 6.58 Å². The molecule has 15 heavy (non-hydrogen) atoms. The number of ether oxygens (including phenoxy) is 2. The first-order valence-corrected chi connectivity index (χ1v) is 4.30. The van der Waals surface area contributed by atoms with Gasteiger partial charge in [0.15, 0.2) is 5.78 Å². The van der Waals surface area contributed by atoms with Gasteiger partial charge in [0.05, 0.1) is 0 Å². The van der Waals surface area contributed by atoms with Crippen LogP contribution in [0.1, 0.15) is 13.8 Å². The molecule has 1 aliphatic rings. The average Bonchev–Trinajstić information content (AvgIpc) is 2.11. The van der Waals surface area contributed by atoms with Crippen LogP contribution in [-0.2, 0) is 14.3 Å². The Balaban J connectivity index is 2.55. The number of hydrogen-bond acceptors (Lipinski definition) is 3. The van der Waals surface area contributed by atoms with Crippen molar-refractivity contribution in [3.8, 4) is 0 Å². The zero-order valence-electron chi connectivity index (χ0n) is 8.30.